The molecule has 0 aliphatic carbocycles. The van der Waals surface area contributed by atoms with Gasteiger partial charge in [-0.05, 0) is 61.0 Å². The molecular weight excluding hydrogens is 588 g/mol. The second-order valence-corrected chi connectivity index (χ2v) is 9.79. The van der Waals surface area contributed by atoms with E-state index < -0.39 is 23.3 Å². The van der Waals surface area contributed by atoms with Crippen molar-refractivity contribution in [3.63, 3.8) is 0 Å². The molecule has 0 radical (unpaired) electrons. The van der Waals surface area contributed by atoms with Crippen LogP contribution < -0.4 is 28.4 Å². The van der Waals surface area contributed by atoms with Crippen molar-refractivity contribution >= 4 is 17.9 Å². The van der Waals surface area contributed by atoms with Crippen molar-refractivity contribution in [1.29, 1.82) is 0 Å². The number of hydrogen-bond acceptors (Lipinski definition) is 12. The highest BCUT2D eigenvalue weighted by Crippen LogP contribution is 2.32. The number of hydrogen-bond donors (Lipinski definition) is 0. The van der Waals surface area contributed by atoms with Crippen molar-refractivity contribution in [3.8, 4) is 34.5 Å². The second-order valence-electron chi connectivity index (χ2n) is 9.79. The smallest absolute Gasteiger partial charge is 0.338 e. The first-order chi connectivity index (χ1) is 21.7. The Labute approximate surface area is 262 Å². The molecule has 12 nitrogen and oxygen atoms in total. The molecule has 45 heavy (non-hydrogen) atoms. The largest absolute Gasteiger partial charge is 0.493 e. The standard InChI is InChI=1S/C33H38O12/c1-8-33(18-43-30(34)21-9-12-24(37-2)27(15-21)40-5,19-44-31(35)22-10-13-25(38-3)28(16-22)41-6)20-45-32(36)23-11-14-26(39-4)29(17-23)42-7/h9-17H,8,18-20H2,1-7H3. The minimum atomic E-state index is -1.11. The van der Waals surface area contributed by atoms with E-state index in [-0.39, 0.29) is 36.5 Å². The van der Waals surface area contributed by atoms with Gasteiger partial charge in [0, 0.05) is 0 Å². The van der Waals surface area contributed by atoms with E-state index in [1.54, 1.807) is 25.1 Å². The van der Waals surface area contributed by atoms with Gasteiger partial charge < -0.3 is 42.6 Å². The van der Waals surface area contributed by atoms with E-state index in [9.17, 15) is 14.4 Å². The topological polar surface area (TPSA) is 134 Å². The van der Waals surface area contributed by atoms with Crippen LogP contribution in [0.1, 0.15) is 44.4 Å². The van der Waals surface area contributed by atoms with Crippen molar-refractivity contribution < 1.29 is 57.0 Å². The Morgan fingerprint density at radius 2 is 0.733 bits per heavy atom. The number of carbonyl (C=O) groups is 3. The van der Waals surface area contributed by atoms with Gasteiger partial charge in [0.2, 0.25) is 0 Å². The fourth-order valence-electron chi connectivity index (χ4n) is 4.23. The zero-order valence-corrected chi connectivity index (χ0v) is 26.4. The van der Waals surface area contributed by atoms with Crippen molar-refractivity contribution in [2.75, 3.05) is 62.5 Å². The zero-order chi connectivity index (χ0) is 33.0. The van der Waals surface area contributed by atoms with Crippen LogP contribution in [0.15, 0.2) is 54.6 Å². The molecule has 0 bridgehead atoms. The first-order valence-electron chi connectivity index (χ1n) is 13.9. The van der Waals surface area contributed by atoms with Crippen LogP contribution in [-0.4, -0.2) is 80.4 Å². The summed E-state index contributed by atoms with van der Waals surface area (Å²) < 4.78 is 48.6. The minimum Gasteiger partial charge on any atom is -0.493 e. The lowest BCUT2D eigenvalue weighted by Gasteiger charge is -2.31. The summed E-state index contributed by atoms with van der Waals surface area (Å²) in [6, 6.07) is 13.8. The highest BCUT2D eigenvalue weighted by Gasteiger charge is 2.35. The maximum absolute atomic E-state index is 13.1. The van der Waals surface area contributed by atoms with Gasteiger partial charge in [0.25, 0.3) is 0 Å². The molecule has 0 N–H and O–H groups in total. The predicted molar refractivity (Wildman–Crippen MR) is 162 cm³/mol. The highest BCUT2D eigenvalue weighted by atomic mass is 16.6. The lowest BCUT2D eigenvalue weighted by atomic mass is 9.88. The van der Waals surface area contributed by atoms with Crippen LogP contribution in [0.25, 0.3) is 0 Å². The fourth-order valence-corrected chi connectivity index (χ4v) is 4.23. The minimum absolute atomic E-state index is 0.210. The number of esters is 3. The van der Waals surface area contributed by atoms with Crippen molar-refractivity contribution in [3.05, 3.63) is 71.3 Å². The van der Waals surface area contributed by atoms with Gasteiger partial charge in [-0.3, -0.25) is 0 Å². The number of benzene rings is 3. The molecule has 0 fully saturated rings. The highest BCUT2D eigenvalue weighted by molar-refractivity contribution is 5.91. The monoisotopic (exact) mass is 626 g/mol. The van der Waals surface area contributed by atoms with Crippen molar-refractivity contribution in [2.24, 2.45) is 5.41 Å². The summed E-state index contributed by atoms with van der Waals surface area (Å²) in [5.74, 6) is 0.399. The summed E-state index contributed by atoms with van der Waals surface area (Å²) in [6.07, 6.45) is 0.310. The predicted octanol–water partition coefficient (Wildman–Crippen LogP) is 5.01. The lowest BCUT2D eigenvalue weighted by molar-refractivity contribution is -0.0381. The Morgan fingerprint density at radius 3 is 0.956 bits per heavy atom. The summed E-state index contributed by atoms with van der Waals surface area (Å²) in [6.45, 7) is 1.08. The van der Waals surface area contributed by atoms with E-state index in [2.05, 4.69) is 0 Å². The molecule has 0 atom stereocenters. The molecule has 0 amide bonds. The van der Waals surface area contributed by atoms with Gasteiger partial charge in [-0.1, -0.05) is 6.92 Å². The molecule has 3 aromatic carbocycles. The molecule has 0 aliphatic rings. The first kappa shape index (κ1) is 34.4. The van der Waals surface area contributed by atoms with Crippen molar-refractivity contribution in [1.82, 2.24) is 0 Å². The molecule has 0 saturated heterocycles. The molecule has 0 saturated carbocycles. The van der Waals surface area contributed by atoms with Crippen LogP contribution in [0.4, 0.5) is 0 Å². The lowest BCUT2D eigenvalue weighted by Crippen LogP contribution is -2.39. The number of carbonyl (C=O) groups excluding carboxylic acids is 3. The van der Waals surface area contributed by atoms with Gasteiger partial charge in [0.05, 0.1) is 64.8 Å². The van der Waals surface area contributed by atoms with Gasteiger partial charge in [-0.2, -0.15) is 0 Å². The summed E-state index contributed by atoms with van der Waals surface area (Å²) in [4.78, 5) is 39.2. The molecule has 0 aromatic heterocycles. The summed E-state index contributed by atoms with van der Waals surface area (Å²) in [5, 5.41) is 0. The quantitative estimate of drug-likeness (QED) is 0.156. The molecule has 12 heteroatoms. The molecule has 3 aromatic rings. The number of ether oxygens (including phenoxy) is 9. The van der Waals surface area contributed by atoms with Crippen LogP contribution in [-0.2, 0) is 14.2 Å². The molecule has 3 rings (SSSR count). The Morgan fingerprint density at radius 1 is 0.467 bits per heavy atom. The summed E-state index contributed by atoms with van der Waals surface area (Å²) >= 11 is 0. The Bertz CT molecular complexity index is 1310. The van der Waals surface area contributed by atoms with Gasteiger partial charge in [0.1, 0.15) is 19.8 Å². The molecular formula is C33H38O12. The van der Waals surface area contributed by atoms with E-state index in [1.807, 2.05) is 0 Å². The Hall–Kier alpha value is -5.13. The fraction of sp³-hybridized carbons (Fsp3) is 0.364. The van der Waals surface area contributed by atoms with Crippen molar-refractivity contribution in [2.45, 2.75) is 13.3 Å². The van der Waals surface area contributed by atoms with Crippen LogP contribution in [0, 0.1) is 5.41 Å². The van der Waals surface area contributed by atoms with Gasteiger partial charge in [-0.15, -0.1) is 0 Å². The molecule has 0 heterocycles. The zero-order valence-electron chi connectivity index (χ0n) is 26.4. The van der Waals surface area contributed by atoms with E-state index in [1.165, 1.54) is 79.1 Å². The molecule has 0 unspecified atom stereocenters. The Balaban J connectivity index is 1.83. The van der Waals surface area contributed by atoms with E-state index in [4.69, 9.17) is 42.6 Å². The summed E-state index contributed by atoms with van der Waals surface area (Å²) in [5.41, 5.74) is -0.475. The van der Waals surface area contributed by atoms with Gasteiger partial charge in [-0.25, -0.2) is 14.4 Å². The maximum Gasteiger partial charge on any atom is 0.338 e. The molecule has 242 valence electrons. The number of rotatable bonds is 16. The van der Waals surface area contributed by atoms with Crippen LogP contribution in [0.3, 0.4) is 0 Å². The molecule has 0 aliphatic heterocycles. The van der Waals surface area contributed by atoms with Gasteiger partial charge in [0.15, 0.2) is 34.5 Å². The van der Waals surface area contributed by atoms with Gasteiger partial charge >= 0.3 is 17.9 Å². The SMILES string of the molecule is CCC(COC(=O)c1ccc(OC)c(OC)c1)(COC(=O)c1ccc(OC)c(OC)c1)COC(=O)c1ccc(OC)c(OC)c1. The van der Waals surface area contributed by atoms with Crippen LogP contribution >= 0.6 is 0 Å². The first-order valence-corrected chi connectivity index (χ1v) is 13.9. The van der Waals surface area contributed by atoms with E-state index >= 15 is 0 Å². The average Bonchev–Trinajstić information content (AvgIpc) is 3.09. The van der Waals surface area contributed by atoms with E-state index in [0.717, 1.165) is 0 Å². The third kappa shape index (κ3) is 8.49. The summed E-state index contributed by atoms with van der Waals surface area (Å²) in [7, 11) is 8.81. The number of methoxy groups -OCH3 is 6. The average molecular weight is 627 g/mol. The second kappa shape index (κ2) is 16.1. The van der Waals surface area contributed by atoms with Crippen LogP contribution in [0.5, 0.6) is 34.5 Å². The third-order valence-corrected chi connectivity index (χ3v) is 7.14. The Kier molecular flexibility index (Phi) is 12.3. The maximum atomic E-state index is 13.1. The molecule has 0 spiro atoms. The normalized spacial score (nSPS) is 10.7. The van der Waals surface area contributed by atoms with Crippen LogP contribution in [0.2, 0.25) is 0 Å². The third-order valence-electron chi connectivity index (χ3n) is 7.14. The van der Waals surface area contributed by atoms with E-state index in [0.29, 0.717) is 40.9 Å².